The van der Waals surface area contributed by atoms with E-state index in [1.54, 1.807) is 12.3 Å². The number of aromatic nitrogens is 2. The molecule has 28 heavy (non-hydrogen) atoms. The Kier molecular flexibility index (Phi) is 3.59. The van der Waals surface area contributed by atoms with E-state index in [0.717, 1.165) is 51.5 Å². The Hall–Kier alpha value is -3.47. The number of para-hydroxylation sites is 1. The van der Waals surface area contributed by atoms with Crippen molar-refractivity contribution in [2.24, 2.45) is 0 Å². The fraction of sp³-hybridized carbons (Fsp3) is 0.174. The molecule has 0 saturated heterocycles. The average Bonchev–Trinajstić information content (AvgIpc) is 3.53. The molecule has 0 atom stereocenters. The number of nitrogens with zero attached hydrogens (tertiary/aromatic N) is 2. The zero-order valence-corrected chi connectivity index (χ0v) is 15.3. The van der Waals surface area contributed by atoms with E-state index >= 15 is 0 Å². The minimum absolute atomic E-state index is 0.168. The number of carbonyl (C=O) groups is 1. The molecule has 138 valence electrons. The molecule has 4 aromatic rings. The highest BCUT2D eigenvalue weighted by Crippen LogP contribution is 2.43. The van der Waals surface area contributed by atoms with Crippen molar-refractivity contribution in [3.05, 3.63) is 81.9 Å². The van der Waals surface area contributed by atoms with Crippen LogP contribution in [0.4, 0.5) is 0 Å². The molecule has 5 rings (SSSR count). The Morgan fingerprint density at radius 1 is 1.18 bits per heavy atom. The lowest BCUT2D eigenvalue weighted by Crippen LogP contribution is -2.23. The van der Waals surface area contributed by atoms with Crippen molar-refractivity contribution in [3.63, 3.8) is 0 Å². The van der Waals surface area contributed by atoms with Crippen molar-refractivity contribution < 1.29 is 9.90 Å². The first kappa shape index (κ1) is 16.7. The molecule has 0 radical (unpaired) electrons. The van der Waals surface area contributed by atoms with Gasteiger partial charge in [-0.25, -0.2) is 4.79 Å². The number of aromatic carboxylic acids is 1. The molecule has 5 nitrogen and oxygen atoms in total. The van der Waals surface area contributed by atoms with E-state index in [2.05, 4.69) is 11.1 Å². The lowest BCUT2D eigenvalue weighted by Gasteiger charge is -2.15. The van der Waals surface area contributed by atoms with Gasteiger partial charge in [0.05, 0.1) is 11.0 Å². The fourth-order valence-electron chi connectivity index (χ4n) is 3.99. The molecular formula is C23H18N2O3. The lowest BCUT2D eigenvalue weighted by molar-refractivity contribution is 0.0694. The molecule has 0 aliphatic heterocycles. The van der Waals surface area contributed by atoms with Crippen LogP contribution in [-0.4, -0.2) is 20.5 Å². The number of aryl methyl sites for hydroxylation is 1. The maximum atomic E-state index is 12.7. The summed E-state index contributed by atoms with van der Waals surface area (Å²) >= 11 is 0. The summed E-state index contributed by atoms with van der Waals surface area (Å²) in [6, 6.07) is 13.5. The molecule has 3 heterocycles. The summed E-state index contributed by atoms with van der Waals surface area (Å²) < 4.78 is 1.49. The van der Waals surface area contributed by atoms with Crippen molar-refractivity contribution in [1.82, 2.24) is 9.38 Å². The SMILES string of the molecule is Cc1c(-c2cnc3ccccc3c2)ccn2c(=O)c(C(=O)O)cc(C3CC3)c12. The van der Waals surface area contributed by atoms with Crippen LogP contribution in [0.3, 0.4) is 0 Å². The van der Waals surface area contributed by atoms with Gasteiger partial charge in [0.2, 0.25) is 0 Å². The van der Waals surface area contributed by atoms with Crippen LogP contribution in [-0.2, 0) is 0 Å². The second kappa shape index (κ2) is 6.02. The van der Waals surface area contributed by atoms with Crippen molar-refractivity contribution >= 4 is 22.4 Å². The van der Waals surface area contributed by atoms with E-state index in [4.69, 9.17) is 0 Å². The maximum Gasteiger partial charge on any atom is 0.341 e. The molecule has 1 aliphatic rings. The minimum atomic E-state index is -1.18. The number of hydrogen-bond donors (Lipinski definition) is 1. The monoisotopic (exact) mass is 370 g/mol. The summed E-state index contributed by atoms with van der Waals surface area (Å²) in [4.78, 5) is 28.8. The normalized spacial score (nSPS) is 13.9. The third-order valence-corrected chi connectivity index (χ3v) is 5.56. The number of carboxylic acids is 1. The number of hydrogen-bond acceptors (Lipinski definition) is 3. The standard InChI is InChI=1S/C23H18N2O3/c1-13-17(16-10-15-4-2-3-5-20(15)24-12-16)8-9-25-21(13)18(14-6-7-14)11-19(22(25)26)23(27)28/h2-5,8-12,14H,6-7H2,1H3,(H,27,28). The van der Waals surface area contributed by atoms with Crippen LogP contribution in [0.5, 0.6) is 0 Å². The van der Waals surface area contributed by atoms with Gasteiger partial charge in [-0.1, -0.05) is 18.2 Å². The Morgan fingerprint density at radius 2 is 1.96 bits per heavy atom. The van der Waals surface area contributed by atoms with Crippen LogP contribution in [0, 0.1) is 6.92 Å². The van der Waals surface area contributed by atoms with Gasteiger partial charge in [0, 0.05) is 23.3 Å². The first-order chi connectivity index (χ1) is 13.5. The molecule has 1 N–H and O–H groups in total. The lowest BCUT2D eigenvalue weighted by atomic mass is 9.97. The third-order valence-electron chi connectivity index (χ3n) is 5.56. The van der Waals surface area contributed by atoms with Crippen molar-refractivity contribution in [2.75, 3.05) is 0 Å². The van der Waals surface area contributed by atoms with Gasteiger partial charge in [0.15, 0.2) is 0 Å². The van der Waals surface area contributed by atoms with Crippen molar-refractivity contribution in [3.8, 4) is 11.1 Å². The Bertz CT molecular complexity index is 1330. The van der Waals surface area contributed by atoms with Gasteiger partial charge in [-0.3, -0.25) is 14.2 Å². The Balaban J connectivity index is 1.80. The van der Waals surface area contributed by atoms with Gasteiger partial charge in [-0.15, -0.1) is 0 Å². The Labute approximate surface area is 160 Å². The number of benzene rings is 1. The first-order valence-electron chi connectivity index (χ1n) is 9.32. The van der Waals surface area contributed by atoms with E-state index in [1.165, 1.54) is 4.40 Å². The molecule has 3 aromatic heterocycles. The van der Waals surface area contributed by atoms with Gasteiger partial charge in [0.1, 0.15) is 5.56 Å². The highest BCUT2D eigenvalue weighted by atomic mass is 16.4. The zero-order chi connectivity index (χ0) is 19.4. The number of pyridine rings is 3. The highest BCUT2D eigenvalue weighted by Gasteiger charge is 2.29. The van der Waals surface area contributed by atoms with Gasteiger partial charge < -0.3 is 5.11 Å². The summed E-state index contributed by atoms with van der Waals surface area (Å²) in [5, 5.41) is 10.5. The molecule has 0 spiro atoms. The molecule has 1 fully saturated rings. The summed E-state index contributed by atoms with van der Waals surface area (Å²) in [7, 11) is 0. The topological polar surface area (TPSA) is 71.7 Å². The quantitative estimate of drug-likeness (QED) is 0.580. The van der Waals surface area contributed by atoms with Crippen molar-refractivity contribution in [1.29, 1.82) is 0 Å². The van der Waals surface area contributed by atoms with Gasteiger partial charge in [-0.05, 0) is 66.6 Å². The molecule has 0 bridgehead atoms. The number of rotatable bonds is 3. The number of carboxylic acid groups (broad SMARTS) is 1. The highest BCUT2D eigenvalue weighted by molar-refractivity contribution is 5.90. The van der Waals surface area contributed by atoms with Crippen LogP contribution in [0.25, 0.3) is 27.5 Å². The van der Waals surface area contributed by atoms with Crippen LogP contribution in [0.2, 0.25) is 0 Å². The summed E-state index contributed by atoms with van der Waals surface area (Å²) in [6.07, 6.45) is 5.58. The van der Waals surface area contributed by atoms with Crippen molar-refractivity contribution in [2.45, 2.75) is 25.7 Å². The molecule has 5 heteroatoms. The van der Waals surface area contributed by atoms with E-state index in [9.17, 15) is 14.7 Å². The summed E-state index contributed by atoms with van der Waals surface area (Å²) in [6.45, 7) is 1.99. The van der Waals surface area contributed by atoms with Crippen LogP contribution in [0.1, 0.15) is 40.2 Å². The summed E-state index contributed by atoms with van der Waals surface area (Å²) in [5.74, 6) is -0.862. The zero-order valence-electron chi connectivity index (χ0n) is 15.3. The van der Waals surface area contributed by atoms with E-state index < -0.39 is 11.5 Å². The van der Waals surface area contributed by atoms with Gasteiger partial charge in [-0.2, -0.15) is 0 Å². The van der Waals surface area contributed by atoms with Crippen LogP contribution >= 0.6 is 0 Å². The summed E-state index contributed by atoms with van der Waals surface area (Å²) in [5.41, 5.74) is 5.00. The molecular weight excluding hydrogens is 352 g/mol. The predicted octanol–water partition coefficient (Wildman–Crippen LogP) is 4.40. The molecule has 1 saturated carbocycles. The fourth-order valence-corrected chi connectivity index (χ4v) is 3.99. The smallest absolute Gasteiger partial charge is 0.341 e. The number of fused-ring (bicyclic) bond motifs is 2. The molecule has 1 aliphatic carbocycles. The minimum Gasteiger partial charge on any atom is -0.477 e. The van der Waals surface area contributed by atoms with E-state index in [0.29, 0.717) is 5.92 Å². The molecule has 1 aromatic carbocycles. The third kappa shape index (κ3) is 2.51. The Morgan fingerprint density at radius 3 is 2.71 bits per heavy atom. The van der Waals surface area contributed by atoms with Gasteiger partial charge >= 0.3 is 5.97 Å². The second-order valence-corrected chi connectivity index (χ2v) is 7.39. The first-order valence-corrected chi connectivity index (χ1v) is 9.32. The second-order valence-electron chi connectivity index (χ2n) is 7.39. The van der Waals surface area contributed by atoms with Gasteiger partial charge in [0.25, 0.3) is 5.56 Å². The van der Waals surface area contributed by atoms with Crippen LogP contribution < -0.4 is 5.56 Å². The average molecular weight is 370 g/mol. The van der Waals surface area contributed by atoms with Crippen LogP contribution in [0.15, 0.2) is 59.7 Å². The maximum absolute atomic E-state index is 12.7. The molecule has 0 unspecified atom stereocenters. The van der Waals surface area contributed by atoms with E-state index in [1.807, 2.05) is 43.5 Å². The molecule has 0 amide bonds. The largest absolute Gasteiger partial charge is 0.477 e. The van der Waals surface area contributed by atoms with E-state index in [-0.39, 0.29) is 5.56 Å². The predicted molar refractivity (Wildman–Crippen MR) is 108 cm³/mol.